The molecule has 1 aliphatic rings. The molecule has 1 N–H and O–H groups in total. The molecule has 1 aromatic heterocycles. The lowest BCUT2D eigenvalue weighted by atomic mass is 9.97. The van der Waals surface area contributed by atoms with Crippen molar-refractivity contribution >= 4 is 15.9 Å². The maximum atomic E-state index is 12.0. The van der Waals surface area contributed by atoms with Gasteiger partial charge in [-0.3, -0.25) is 4.79 Å². The number of nitrogens with one attached hydrogen (secondary N) is 1. The predicted octanol–water partition coefficient (Wildman–Crippen LogP) is 0.271. The van der Waals surface area contributed by atoms with E-state index in [0.29, 0.717) is 37.6 Å². The molecule has 0 atom stereocenters. The van der Waals surface area contributed by atoms with Crippen LogP contribution in [0.5, 0.6) is 0 Å². The molecule has 0 saturated carbocycles. The monoisotopic (exact) mass is 301 g/mol. The van der Waals surface area contributed by atoms with E-state index < -0.39 is 10.0 Å². The second-order valence-corrected chi connectivity index (χ2v) is 7.00. The first-order valence-corrected chi connectivity index (χ1v) is 8.35. The Morgan fingerprint density at radius 1 is 1.50 bits per heavy atom. The minimum atomic E-state index is -3.15. The molecule has 2 heterocycles. The van der Waals surface area contributed by atoms with E-state index in [1.165, 1.54) is 10.6 Å². The summed E-state index contributed by atoms with van der Waals surface area (Å²) in [6.45, 7) is 2.85. The number of aromatic nitrogens is 1. The summed E-state index contributed by atoms with van der Waals surface area (Å²) in [5.41, 5.74) is 0. The Hall–Kier alpha value is -1.41. The van der Waals surface area contributed by atoms with Crippen molar-refractivity contribution in [1.82, 2.24) is 14.6 Å². The molecule has 20 heavy (non-hydrogen) atoms. The molecule has 112 valence electrons. The summed E-state index contributed by atoms with van der Waals surface area (Å²) in [6.07, 6.45) is 3.89. The molecule has 0 aromatic carbocycles. The molecular formula is C12H19N3O4S. The number of carbonyl (C=O) groups excluding carboxylic acids is 1. The molecule has 7 nitrogen and oxygen atoms in total. The van der Waals surface area contributed by atoms with Gasteiger partial charge in [0.25, 0.3) is 0 Å². The largest absolute Gasteiger partial charge is 0.444 e. The Bertz CT molecular complexity index is 573. The maximum Gasteiger partial charge on any atom is 0.223 e. The van der Waals surface area contributed by atoms with E-state index in [-0.39, 0.29) is 18.4 Å². The molecule has 1 aromatic rings. The van der Waals surface area contributed by atoms with Crippen LogP contribution in [0.15, 0.2) is 10.6 Å². The molecule has 0 aliphatic carbocycles. The summed E-state index contributed by atoms with van der Waals surface area (Å²) in [7, 11) is -3.15. The Morgan fingerprint density at radius 2 is 2.15 bits per heavy atom. The quantitative estimate of drug-likeness (QED) is 0.862. The standard InChI is InChI=1S/C12H19N3O4S/c1-9-7-13-11(19-9)8-14-12(16)10-3-5-15(6-4-10)20(2,17)18/h7,10H,3-6,8H2,1-2H3,(H,14,16). The second kappa shape index (κ2) is 5.92. The molecule has 1 fully saturated rings. The molecule has 1 aliphatic heterocycles. The summed E-state index contributed by atoms with van der Waals surface area (Å²) in [5.74, 6) is 0.957. The fourth-order valence-corrected chi connectivity index (χ4v) is 3.11. The van der Waals surface area contributed by atoms with Gasteiger partial charge in [0.05, 0.1) is 19.0 Å². The van der Waals surface area contributed by atoms with Gasteiger partial charge in [-0.2, -0.15) is 0 Å². The Balaban J connectivity index is 1.80. The SMILES string of the molecule is Cc1cnc(CNC(=O)C2CCN(S(C)(=O)=O)CC2)o1. The molecule has 1 saturated heterocycles. The van der Waals surface area contributed by atoms with Gasteiger partial charge in [-0.1, -0.05) is 0 Å². The highest BCUT2D eigenvalue weighted by Gasteiger charge is 2.28. The van der Waals surface area contributed by atoms with E-state index in [2.05, 4.69) is 10.3 Å². The summed E-state index contributed by atoms with van der Waals surface area (Å²) >= 11 is 0. The number of carbonyl (C=O) groups is 1. The minimum absolute atomic E-state index is 0.0750. The highest BCUT2D eigenvalue weighted by Crippen LogP contribution is 2.19. The smallest absolute Gasteiger partial charge is 0.223 e. The first-order valence-electron chi connectivity index (χ1n) is 6.50. The lowest BCUT2D eigenvalue weighted by Crippen LogP contribution is -2.42. The molecule has 0 radical (unpaired) electrons. The summed E-state index contributed by atoms with van der Waals surface area (Å²) in [4.78, 5) is 16.0. The lowest BCUT2D eigenvalue weighted by molar-refractivity contribution is -0.126. The molecule has 0 bridgehead atoms. The van der Waals surface area contributed by atoms with Gasteiger partial charge in [-0.05, 0) is 19.8 Å². The zero-order valence-corrected chi connectivity index (χ0v) is 12.4. The first kappa shape index (κ1) is 15.0. The number of oxazole rings is 1. The van der Waals surface area contributed by atoms with Crippen molar-refractivity contribution in [3.63, 3.8) is 0 Å². The summed E-state index contributed by atoms with van der Waals surface area (Å²) in [5, 5.41) is 2.77. The number of hydrogen-bond donors (Lipinski definition) is 1. The number of piperidine rings is 1. The third kappa shape index (κ3) is 3.80. The Morgan fingerprint density at radius 3 is 2.65 bits per heavy atom. The van der Waals surface area contributed by atoms with Crippen LogP contribution in [0.1, 0.15) is 24.5 Å². The predicted molar refractivity (Wildman–Crippen MR) is 72.2 cm³/mol. The Kier molecular flexibility index (Phi) is 4.44. The van der Waals surface area contributed by atoms with Gasteiger partial charge in [0.2, 0.25) is 21.8 Å². The Labute approximate surface area is 118 Å². The highest BCUT2D eigenvalue weighted by molar-refractivity contribution is 7.88. The molecule has 0 spiro atoms. The van der Waals surface area contributed by atoms with Crippen molar-refractivity contribution in [3.05, 3.63) is 17.8 Å². The fourth-order valence-electron chi connectivity index (χ4n) is 2.24. The molecule has 2 rings (SSSR count). The second-order valence-electron chi connectivity index (χ2n) is 5.02. The number of rotatable bonds is 4. The van der Waals surface area contributed by atoms with Crippen molar-refractivity contribution in [1.29, 1.82) is 0 Å². The van der Waals surface area contributed by atoms with Gasteiger partial charge in [-0.25, -0.2) is 17.7 Å². The number of nitrogens with zero attached hydrogens (tertiary/aromatic N) is 2. The third-order valence-corrected chi connectivity index (χ3v) is 4.68. The number of hydrogen-bond acceptors (Lipinski definition) is 5. The normalized spacial score (nSPS) is 18.1. The summed E-state index contributed by atoms with van der Waals surface area (Å²) in [6, 6.07) is 0. The van der Waals surface area contributed by atoms with Crippen LogP contribution in [0.25, 0.3) is 0 Å². The lowest BCUT2D eigenvalue weighted by Gasteiger charge is -2.29. The van der Waals surface area contributed by atoms with Crippen molar-refractivity contribution in [2.75, 3.05) is 19.3 Å². The van der Waals surface area contributed by atoms with Gasteiger partial charge < -0.3 is 9.73 Å². The summed E-state index contributed by atoms with van der Waals surface area (Å²) < 4.78 is 29.4. The van der Waals surface area contributed by atoms with Crippen LogP contribution in [0, 0.1) is 12.8 Å². The van der Waals surface area contributed by atoms with E-state index >= 15 is 0 Å². The third-order valence-electron chi connectivity index (χ3n) is 3.38. The number of amides is 1. The average Bonchev–Trinajstić information content (AvgIpc) is 2.81. The van der Waals surface area contributed by atoms with Crippen molar-refractivity contribution in [2.45, 2.75) is 26.3 Å². The van der Waals surface area contributed by atoms with Crippen LogP contribution in [0.2, 0.25) is 0 Å². The molecule has 0 unspecified atom stereocenters. The van der Waals surface area contributed by atoms with Crippen molar-refractivity contribution in [2.24, 2.45) is 5.92 Å². The van der Waals surface area contributed by atoms with E-state index in [1.54, 1.807) is 13.1 Å². The van der Waals surface area contributed by atoms with Crippen LogP contribution in [-0.2, 0) is 21.4 Å². The molecule has 8 heteroatoms. The van der Waals surface area contributed by atoms with Crippen LogP contribution < -0.4 is 5.32 Å². The maximum absolute atomic E-state index is 12.0. The van der Waals surface area contributed by atoms with Crippen LogP contribution in [0.4, 0.5) is 0 Å². The minimum Gasteiger partial charge on any atom is -0.444 e. The van der Waals surface area contributed by atoms with Crippen LogP contribution in [-0.4, -0.2) is 43.0 Å². The van der Waals surface area contributed by atoms with Crippen molar-refractivity contribution in [3.8, 4) is 0 Å². The van der Waals surface area contributed by atoms with Gasteiger partial charge in [0.1, 0.15) is 5.76 Å². The topological polar surface area (TPSA) is 92.5 Å². The first-order chi connectivity index (χ1) is 9.36. The van der Waals surface area contributed by atoms with Crippen molar-refractivity contribution < 1.29 is 17.6 Å². The van der Waals surface area contributed by atoms with E-state index in [4.69, 9.17) is 4.42 Å². The number of aryl methyl sites for hydroxylation is 1. The molecule has 1 amide bonds. The zero-order chi connectivity index (χ0) is 14.8. The van der Waals surface area contributed by atoms with Gasteiger partial charge >= 0.3 is 0 Å². The highest BCUT2D eigenvalue weighted by atomic mass is 32.2. The fraction of sp³-hybridized carbons (Fsp3) is 0.667. The van der Waals surface area contributed by atoms with E-state index in [1.807, 2.05) is 0 Å². The molecular weight excluding hydrogens is 282 g/mol. The zero-order valence-electron chi connectivity index (χ0n) is 11.6. The van der Waals surface area contributed by atoms with Gasteiger partial charge in [-0.15, -0.1) is 0 Å². The van der Waals surface area contributed by atoms with Gasteiger partial charge in [0.15, 0.2) is 0 Å². The number of sulfonamides is 1. The average molecular weight is 301 g/mol. The van der Waals surface area contributed by atoms with Crippen LogP contribution >= 0.6 is 0 Å². The van der Waals surface area contributed by atoms with Crippen LogP contribution in [0.3, 0.4) is 0 Å². The van der Waals surface area contributed by atoms with E-state index in [9.17, 15) is 13.2 Å². The van der Waals surface area contributed by atoms with E-state index in [0.717, 1.165) is 0 Å². The van der Waals surface area contributed by atoms with Gasteiger partial charge in [0, 0.05) is 19.0 Å².